The van der Waals surface area contributed by atoms with Gasteiger partial charge in [0.25, 0.3) is 11.6 Å². The summed E-state index contributed by atoms with van der Waals surface area (Å²) in [7, 11) is 1.35. The van der Waals surface area contributed by atoms with Crippen molar-refractivity contribution in [2.24, 2.45) is 0 Å². The van der Waals surface area contributed by atoms with Gasteiger partial charge in [-0.15, -0.1) is 0 Å². The van der Waals surface area contributed by atoms with Gasteiger partial charge in [-0.1, -0.05) is 0 Å². The first-order valence-corrected chi connectivity index (χ1v) is 8.63. The molecule has 9 nitrogen and oxygen atoms in total. The smallest absolute Gasteiger partial charge is 0.336 e. The Morgan fingerprint density at radius 1 is 1.21 bits per heavy atom. The van der Waals surface area contributed by atoms with Gasteiger partial charge in [0, 0.05) is 23.6 Å². The Bertz CT molecular complexity index is 1150. The molecule has 0 radical (unpaired) electrons. The number of non-ortho nitro benzene ring substituents is 1. The zero-order valence-electron chi connectivity index (χ0n) is 15.9. The number of aryl methyl sites for hydroxylation is 1. The minimum absolute atomic E-state index is 0.155. The second kappa shape index (κ2) is 8.01. The zero-order valence-corrected chi connectivity index (χ0v) is 15.9. The number of anilines is 1. The molecule has 0 bridgehead atoms. The number of nitrogens with one attached hydrogen (secondary N) is 1. The van der Waals surface area contributed by atoms with Gasteiger partial charge < -0.3 is 19.2 Å². The van der Waals surface area contributed by atoms with Crippen molar-refractivity contribution in [1.29, 1.82) is 0 Å². The van der Waals surface area contributed by atoms with Gasteiger partial charge in [-0.3, -0.25) is 14.9 Å². The van der Waals surface area contributed by atoms with E-state index in [2.05, 4.69) is 5.32 Å². The topological polar surface area (TPSA) is 121 Å². The maximum atomic E-state index is 12.5. The third-order valence-electron chi connectivity index (χ3n) is 4.26. The van der Waals surface area contributed by atoms with Crippen LogP contribution in [0.3, 0.4) is 0 Å². The van der Waals surface area contributed by atoms with Gasteiger partial charge >= 0.3 is 5.63 Å². The second-order valence-electron chi connectivity index (χ2n) is 6.30. The number of carbonyl (C=O) groups is 1. The summed E-state index contributed by atoms with van der Waals surface area (Å²) in [4.78, 5) is 34.3. The molecule has 1 N–H and O–H groups in total. The Hall–Kier alpha value is -3.88. The molecule has 1 heterocycles. The van der Waals surface area contributed by atoms with Crippen LogP contribution >= 0.6 is 0 Å². The molecule has 1 aromatic heterocycles. The number of nitro groups is 1. The molecule has 0 saturated carbocycles. The third kappa shape index (κ3) is 4.34. The Balaban J connectivity index is 1.76. The Kier molecular flexibility index (Phi) is 5.49. The summed E-state index contributed by atoms with van der Waals surface area (Å²) in [6.45, 7) is 3.34. The number of nitro benzene ring substituents is 1. The van der Waals surface area contributed by atoms with Crippen molar-refractivity contribution in [2.45, 2.75) is 20.0 Å². The fourth-order valence-corrected chi connectivity index (χ4v) is 2.77. The molecule has 0 aliphatic carbocycles. The number of methoxy groups -OCH3 is 1. The maximum absolute atomic E-state index is 12.5. The number of fused-ring (bicyclic) bond motifs is 1. The normalized spacial score (nSPS) is 11.7. The molecule has 150 valence electrons. The fraction of sp³-hybridized carbons (Fsp3) is 0.200. The first kappa shape index (κ1) is 19.9. The molecule has 3 aromatic rings. The highest BCUT2D eigenvalue weighted by molar-refractivity contribution is 5.95. The van der Waals surface area contributed by atoms with E-state index in [4.69, 9.17) is 13.9 Å². The Morgan fingerprint density at radius 3 is 2.66 bits per heavy atom. The number of amides is 1. The van der Waals surface area contributed by atoms with E-state index < -0.39 is 22.6 Å². The van der Waals surface area contributed by atoms with E-state index in [1.165, 1.54) is 31.4 Å². The third-order valence-corrected chi connectivity index (χ3v) is 4.26. The van der Waals surface area contributed by atoms with Gasteiger partial charge in [0.2, 0.25) is 0 Å². The molecule has 1 atom stereocenters. The molecule has 3 rings (SSSR count). The lowest BCUT2D eigenvalue weighted by Gasteiger charge is -2.16. The number of carbonyl (C=O) groups excluding carboxylic acids is 1. The van der Waals surface area contributed by atoms with E-state index in [0.29, 0.717) is 11.3 Å². The minimum atomic E-state index is -0.899. The van der Waals surface area contributed by atoms with E-state index >= 15 is 0 Å². The molecule has 0 spiro atoms. The summed E-state index contributed by atoms with van der Waals surface area (Å²) in [6.07, 6.45) is -0.899. The van der Waals surface area contributed by atoms with E-state index in [9.17, 15) is 19.7 Å². The van der Waals surface area contributed by atoms with Crippen LogP contribution in [-0.2, 0) is 4.79 Å². The number of benzene rings is 2. The minimum Gasteiger partial charge on any atom is -0.494 e. The van der Waals surface area contributed by atoms with Gasteiger partial charge in [0.1, 0.15) is 17.1 Å². The monoisotopic (exact) mass is 398 g/mol. The highest BCUT2D eigenvalue weighted by atomic mass is 16.6. The van der Waals surface area contributed by atoms with E-state index in [1.54, 1.807) is 32.0 Å². The quantitative estimate of drug-likeness (QED) is 0.383. The number of ether oxygens (including phenoxy) is 2. The van der Waals surface area contributed by atoms with Crippen LogP contribution in [0.4, 0.5) is 11.4 Å². The highest BCUT2D eigenvalue weighted by Crippen LogP contribution is 2.29. The largest absolute Gasteiger partial charge is 0.494 e. The lowest BCUT2D eigenvalue weighted by atomic mass is 10.1. The Morgan fingerprint density at radius 2 is 1.97 bits per heavy atom. The van der Waals surface area contributed by atoms with E-state index in [1.807, 2.05) is 0 Å². The first-order chi connectivity index (χ1) is 13.8. The summed E-state index contributed by atoms with van der Waals surface area (Å²) in [5.74, 6) is 0.0233. The zero-order chi connectivity index (χ0) is 21.1. The molecule has 0 aliphatic rings. The molecule has 0 fully saturated rings. The van der Waals surface area contributed by atoms with Gasteiger partial charge in [0.05, 0.1) is 23.8 Å². The lowest BCUT2D eigenvalue weighted by molar-refractivity contribution is -0.384. The average molecular weight is 398 g/mol. The molecule has 0 saturated heterocycles. The number of hydrogen-bond acceptors (Lipinski definition) is 7. The van der Waals surface area contributed by atoms with Crippen LogP contribution in [0.15, 0.2) is 51.7 Å². The van der Waals surface area contributed by atoms with Gasteiger partial charge in [0.15, 0.2) is 6.10 Å². The second-order valence-corrected chi connectivity index (χ2v) is 6.30. The summed E-state index contributed by atoms with van der Waals surface area (Å²) < 4.78 is 15.9. The molecule has 1 amide bonds. The van der Waals surface area contributed by atoms with Crippen molar-refractivity contribution >= 4 is 28.3 Å². The van der Waals surface area contributed by atoms with Crippen molar-refractivity contribution in [1.82, 2.24) is 0 Å². The standard InChI is InChI=1S/C20H18N2O7/c1-11-8-19(23)29-17-10-14(5-6-15(11)17)28-12(2)20(24)21-16-7-4-13(22(25)26)9-18(16)27-3/h4-10,12H,1-3H3,(H,21,24). The predicted octanol–water partition coefficient (Wildman–Crippen LogP) is 3.42. The summed E-state index contributed by atoms with van der Waals surface area (Å²) >= 11 is 0. The van der Waals surface area contributed by atoms with Gasteiger partial charge in [-0.25, -0.2) is 4.79 Å². The van der Waals surface area contributed by atoms with Crippen LogP contribution < -0.4 is 20.4 Å². The van der Waals surface area contributed by atoms with Crippen LogP contribution in [0.25, 0.3) is 11.0 Å². The van der Waals surface area contributed by atoms with Gasteiger partial charge in [-0.2, -0.15) is 0 Å². The van der Waals surface area contributed by atoms with Crippen molar-refractivity contribution in [2.75, 3.05) is 12.4 Å². The van der Waals surface area contributed by atoms with Crippen LogP contribution in [0.2, 0.25) is 0 Å². The molecule has 2 aromatic carbocycles. The number of hydrogen-bond donors (Lipinski definition) is 1. The molecular weight excluding hydrogens is 380 g/mol. The first-order valence-electron chi connectivity index (χ1n) is 8.63. The number of rotatable bonds is 6. The van der Waals surface area contributed by atoms with Crippen molar-refractivity contribution in [3.05, 3.63) is 68.6 Å². The molecule has 0 aliphatic heterocycles. The van der Waals surface area contributed by atoms with E-state index in [0.717, 1.165) is 10.9 Å². The lowest BCUT2D eigenvalue weighted by Crippen LogP contribution is -2.30. The van der Waals surface area contributed by atoms with Crippen LogP contribution in [0.1, 0.15) is 12.5 Å². The van der Waals surface area contributed by atoms with Crippen molar-refractivity contribution in [3.8, 4) is 11.5 Å². The molecule has 1 unspecified atom stereocenters. The summed E-state index contributed by atoms with van der Waals surface area (Å²) in [6, 6.07) is 10.2. The Labute approximate surface area is 165 Å². The van der Waals surface area contributed by atoms with E-state index in [-0.39, 0.29) is 17.1 Å². The van der Waals surface area contributed by atoms with Crippen LogP contribution in [-0.4, -0.2) is 24.0 Å². The molecule has 9 heteroatoms. The summed E-state index contributed by atoms with van der Waals surface area (Å²) in [5, 5.41) is 14.3. The average Bonchev–Trinajstić information content (AvgIpc) is 2.67. The predicted molar refractivity (Wildman–Crippen MR) is 106 cm³/mol. The highest BCUT2D eigenvalue weighted by Gasteiger charge is 2.19. The maximum Gasteiger partial charge on any atom is 0.336 e. The molecular formula is C20H18N2O7. The van der Waals surface area contributed by atoms with Crippen molar-refractivity contribution < 1.29 is 23.6 Å². The van der Waals surface area contributed by atoms with Crippen LogP contribution in [0.5, 0.6) is 11.5 Å². The van der Waals surface area contributed by atoms with Gasteiger partial charge in [-0.05, 0) is 37.6 Å². The fourth-order valence-electron chi connectivity index (χ4n) is 2.77. The SMILES string of the molecule is COc1cc([N+](=O)[O-])ccc1NC(=O)C(C)Oc1ccc2c(C)cc(=O)oc2c1. The summed E-state index contributed by atoms with van der Waals surface area (Å²) in [5.41, 5.74) is 0.787. The molecule has 29 heavy (non-hydrogen) atoms. The van der Waals surface area contributed by atoms with Crippen molar-refractivity contribution in [3.63, 3.8) is 0 Å². The van der Waals surface area contributed by atoms with Crippen LogP contribution in [0, 0.1) is 17.0 Å². The number of nitrogens with zero attached hydrogens (tertiary/aromatic N) is 1.